The molecule has 3 aromatic carbocycles. The van der Waals surface area contributed by atoms with E-state index >= 15 is 0 Å². The average molecular weight is 693 g/mol. The molecule has 1 heterocycles. The maximum absolute atomic E-state index is 13.4. The highest BCUT2D eigenvalue weighted by atomic mass is 79.9. The molecule has 11 heteroatoms. The van der Waals surface area contributed by atoms with Crippen molar-refractivity contribution in [2.75, 3.05) is 0 Å². The Morgan fingerprint density at radius 1 is 1.11 bits per heavy atom. The third-order valence-electron chi connectivity index (χ3n) is 5.80. The Morgan fingerprint density at radius 2 is 1.84 bits per heavy atom. The number of fused-ring (bicyclic) bond motifs is 1. The second-order valence-corrected chi connectivity index (χ2v) is 11.0. The summed E-state index contributed by atoms with van der Waals surface area (Å²) in [5, 5.41) is 16.3. The Kier molecular flexibility index (Phi) is 8.56. The molecule has 0 aliphatic heterocycles. The molecular weight excluding hydrogens is 672 g/mol. The highest BCUT2D eigenvalue weighted by molar-refractivity contribution is 9.11. The summed E-state index contributed by atoms with van der Waals surface area (Å²) in [5.74, 6) is 0.845. The highest BCUT2D eigenvalue weighted by Gasteiger charge is 2.17. The van der Waals surface area contributed by atoms with Crippen LogP contribution in [0.5, 0.6) is 5.75 Å². The molecule has 0 unspecified atom stereocenters. The van der Waals surface area contributed by atoms with Crippen molar-refractivity contribution in [1.29, 1.82) is 0 Å². The number of nitrogens with zero attached hydrogens (tertiary/aromatic N) is 4. The molecule has 0 saturated heterocycles. The zero-order chi connectivity index (χ0) is 26.7. The molecule has 0 amide bonds. The van der Waals surface area contributed by atoms with Crippen molar-refractivity contribution in [2.45, 2.75) is 32.8 Å². The van der Waals surface area contributed by atoms with Crippen LogP contribution in [0.2, 0.25) is 0 Å². The summed E-state index contributed by atoms with van der Waals surface area (Å²) >= 11 is 10.3. The second kappa shape index (κ2) is 11.7. The van der Waals surface area contributed by atoms with Crippen LogP contribution in [0.25, 0.3) is 10.9 Å². The van der Waals surface area contributed by atoms with E-state index in [1.165, 1.54) is 29.1 Å². The number of benzene rings is 3. The molecule has 0 bridgehead atoms. The lowest BCUT2D eigenvalue weighted by molar-refractivity contribution is -0.384. The molecular formula is C26H21Br3N4O4. The number of halogens is 3. The van der Waals surface area contributed by atoms with Crippen LogP contribution in [0.4, 0.5) is 5.69 Å². The van der Waals surface area contributed by atoms with Gasteiger partial charge in [0.15, 0.2) is 0 Å². The fourth-order valence-corrected chi connectivity index (χ4v) is 5.10. The number of non-ortho nitro benzene ring substituents is 1. The van der Waals surface area contributed by atoms with E-state index in [4.69, 9.17) is 9.72 Å². The monoisotopic (exact) mass is 690 g/mol. The molecule has 8 nitrogen and oxygen atoms in total. The van der Waals surface area contributed by atoms with Crippen LogP contribution < -0.4 is 10.3 Å². The Balaban J connectivity index is 1.78. The fraction of sp³-hybridized carbons (Fsp3) is 0.192. The third-order valence-corrected chi connectivity index (χ3v) is 7.53. The van der Waals surface area contributed by atoms with Crippen LogP contribution in [0.15, 0.2) is 77.9 Å². The lowest BCUT2D eigenvalue weighted by Crippen LogP contribution is -2.23. The maximum atomic E-state index is 13.4. The minimum Gasteiger partial charge on any atom is -0.488 e. The quantitative estimate of drug-likeness (QED) is 0.108. The van der Waals surface area contributed by atoms with Gasteiger partial charge in [-0.3, -0.25) is 14.9 Å². The molecule has 37 heavy (non-hydrogen) atoms. The van der Waals surface area contributed by atoms with E-state index in [9.17, 15) is 14.9 Å². The molecule has 0 radical (unpaired) electrons. The zero-order valence-electron chi connectivity index (χ0n) is 19.8. The van der Waals surface area contributed by atoms with Gasteiger partial charge in [0.1, 0.15) is 18.2 Å². The predicted molar refractivity (Wildman–Crippen MR) is 155 cm³/mol. The van der Waals surface area contributed by atoms with Gasteiger partial charge in [0.25, 0.3) is 11.2 Å². The van der Waals surface area contributed by atoms with Gasteiger partial charge < -0.3 is 4.74 Å². The van der Waals surface area contributed by atoms with E-state index in [1.807, 2.05) is 38.1 Å². The highest BCUT2D eigenvalue weighted by Crippen LogP contribution is 2.27. The van der Waals surface area contributed by atoms with E-state index in [2.05, 4.69) is 52.9 Å². The summed E-state index contributed by atoms with van der Waals surface area (Å²) in [6, 6.07) is 15.3. The largest absolute Gasteiger partial charge is 0.488 e. The first-order valence-corrected chi connectivity index (χ1v) is 13.7. The van der Waals surface area contributed by atoms with Crippen LogP contribution >= 0.6 is 47.8 Å². The Labute approximate surface area is 237 Å². The number of hydrogen-bond donors (Lipinski definition) is 0. The summed E-state index contributed by atoms with van der Waals surface area (Å²) in [7, 11) is 0. The topological polar surface area (TPSA) is 99.6 Å². The molecule has 0 fully saturated rings. The molecule has 0 aliphatic rings. The van der Waals surface area contributed by atoms with E-state index < -0.39 is 4.92 Å². The standard InChI is InChI=1S/C26H21Br3N4O4/c1-3-15(2)25-31-23-8-6-18(27)11-21(23)26(34)32(25)30-13-17-10-20(33(35)36)7-9-24(17)37-14-16-4-5-19(28)12-22(16)29/h4-13,15H,3,14H2,1-2H3/t15-/m1/s1. The van der Waals surface area contributed by atoms with E-state index in [-0.39, 0.29) is 23.8 Å². The summed E-state index contributed by atoms with van der Waals surface area (Å²) in [6.07, 6.45) is 2.15. The Hall–Kier alpha value is -2.89. The minimum atomic E-state index is -0.488. The van der Waals surface area contributed by atoms with E-state index in [0.717, 1.165) is 25.4 Å². The van der Waals surface area contributed by atoms with Crippen molar-refractivity contribution in [3.05, 3.63) is 105 Å². The van der Waals surface area contributed by atoms with Gasteiger partial charge in [-0.1, -0.05) is 67.7 Å². The molecule has 4 rings (SSSR count). The van der Waals surface area contributed by atoms with Gasteiger partial charge in [-0.05, 0) is 42.8 Å². The van der Waals surface area contributed by atoms with Crippen molar-refractivity contribution in [2.24, 2.45) is 5.10 Å². The number of hydrogen-bond acceptors (Lipinski definition) is 6. The van der Waals surface area contributed by atoms with Gasteiger partial charge in [0.2, 0.25) is 0 Å². The van der Waals surface area contributed by atoms with Crippen molar-refractivity contribution < 1.29 is 9.66 Å². The fourth-order valence-electron chi connectivity index (χ4n) is 3.58. The number of nitro benzene ring substituents is 1. The van der Waals surface area contributed by atoms with Crippen LogP contribution in [0.1, 0.15) is 43.1 Å². The summed E-state index contributed by atoms with van der Waals surface area (Å²) < 4.78 is 9.80. The number of nitro groups is 1. The average Bonchev–Trinajstić information content (AvgIpc) is 2.87. The first-order chi connectivity index (χ1) is 17.7. The van der Waals surface area contributed by atoms with Gasteiger partial charge in [0, 0.05) is 42.6 Å². The molecule has 4 aromatic rings. The van der Waals surface area contributed by atoms with Crippen molar-refractivity contribution in [3.8, 4) is 5.75 Å². The number of aromatic nitrogens is 2. The van der Waals surface area contributed by atoms with Gasteiger partial charge >= 0.3 is 0 Å². The summed E-state index contributed by atoms with van der Waals surface area (Å²) in [4.78, 5) is 29.1. The van der Waals surface area contributed by atoms with Crippen LogP contribution in [0.3, 0.4) is 0 Å². The van der Waals surface area contributed by atoms with Gasteiger partial charge in [-0.15, -0.1) is 0 Å². The van der Waals surface area contributed by atoms with Crippen molar-refractivity contribution in [3.63, 3.8) is 0 Å². The number of rotatable bonds is 8. The van der Waals surface area contributed by atoms with Crippen molar-refractivity contribution >= 4 is 70.6 Å². The lowest BCUT2D eigenvalue weighted by Gasteiger charge is -2.14. The van der Waals surface area contributed by atoms with Gasteiger partial charge in [-0.2, -0.15) is 9.78 Å². The second-order valence-electron chi connectivity index (χ2n) is 8.31. The first-order valence-electron chi connectivity index (χ1n) is 11.3. The molecule has 0 N–H and O–H groups in total. The van der Waals surface area contributed by atoms with Crippen LogP contribution in [-0.4, -0.2) is 20.8 Å². The minimum absolute atomic E-state index is 0.0477. The molecule has 0 saturated carbocycles. The molecule has 1 atom stereocenters. The zero-order valence-corrected chi connectivity index (χ0v) is 24.6. The van der Waals surface area contributed by atoms with Crippen molar-refractivity contribution in [1.82, 2.24) is 9.66 Å². The lowest BCUT2D eigenvalue weighted by atomic mass is 10.1. The van der Waals surface area contributed by atoms with Gasteiger partial charge in [0.05, 0.1) is 22.0 Å². The molecule has 1 aromatic heterocycles. The normalized spacial score (nSPS) is 12.2. The number of ether oxygens (including phenoxy) is 1. The molecule has 0 aliphatic carbocycles. The Bertz CT molecular complexity index is 1590. The van der Waals surface area contributed by atoms with E-state index in [1.54, 1.807) is 12.1 Å². The Morgan fingerprint density at radius 3 is 2.54 bits per heavy atom. The van der Waals surface area contributed by atoms with Crippen LogP contribution in [-0.2, 0) is 6.61 Å². The van der Waals surface area contributed by atoms with Crippen LogP contribution in [0, 0.1) is 10.1 Å². The maximum Gasteiger partial charge on any atom is 0.282 e. The SMILES string of the molecule is CC[C@@H](C)c1nc2ccc(Br)cc2c(=O)n1N=Cc1cc([N+](=O)[O-])ccc1OCc1ccc(Br)cc1Br. The van der Waals surface area contributed by atoms with Gasteiger partial charge in [-0.25, -0.2) is 4.98 Å². The molecule has 190 valence electrons. The summed E-state index contributed by atoms with van der Waals surface area (Å²) in [5.41, 5.74) is 1.38. The third kappa shape index (κ3) is 6.16. The predicted octanol–water partition coefficient (Wildman–Crippen LogP) is 7.57. The molecule has 0 spiro atoms. The summed E-state index contributed by atoms with van der Waals surface area (Å²) in [6.45, 7) is 4.19. The van der Waals surface area contributed by atoms with E-state index in [0.29, 0.717) is 28.0 Å². The first kappa shape index (κ1) is 27.2. The smallest absolute Gasteiger partial charge is 0.282 e.